The van der Waals surface area contributed by atoms with Crippen LogP contribution in [0.5, 0.6) is 0 Å². The smallest absolute Gasteiger partial charge is 0.306 e. The minimum absolute atomic E-state index is 0. The third kappa shape index (κ3) is 3.78. The summed E-state index contributed by atoms with van der Waals surface area (Å²) in [6, 6.07) is 10.3. The van der Waals surface area contributed by atoms with Crippen LogP contribution in [0.2, 0.25) is 0 Å². The van der Waals surface area contributed by atoms with Gasteiger partial charge in [0.2, 0.25) is 0 Å². The molecule has 1 heterocycles. The largest absolute Gasteiger partial charge is 0.454 e. The Kier molecular flexibility index (Phi) is 6.69. The highest BCUT2D eigenvalue weighted by atomic mass is 35.5. The number of piperidine rings is 1. The third-order valence-corrected chi connectivity index (χ3v) is 4.40. The van der Waals surface area contributed by atoms with Gasteiger partial charge in [-0.3, -0.25) is 4.79 Å². The Bertz CT molecular complexity index is 451. The molecule has 3 nitrogen and oxygen atoms in total. The molecule has 1 fully saturated rings. The van der Waals surface area contributed by atoms with Crippen molar-refractivity contribution in [3.05, 3.63) is 35.9 Å². The van der Waals surface area contributed by atoms with Crippen LogP contribution in [0.15, 0.2) is 30.3 Å². The van der Waals surface area contributed by atoms with Gasteiger partial charge in [-0.2, -0.15) is 0 Å². The molecule has 0 bridgehead atoms. The van der Waals surface area contributed by atoms with Crippen molar-refractivity contribution < 1.29 is 9.53 Å². The van der Waals surface area contributed by atoms with Gasteiger partial charge in [0.05, 0.1) is 0 Å². The first kappa shape index (κ1) is 18.0. The summed E-state index contributed by atoms with van der Waals surface area (Å²) in [6.07, 6.45) is 2.31. The minimum Gasteiger partial charge on any atom is -0.454 e. The molecule has 0 aromatic heterocycles. The predicted molar refractivity (Wildman–Crippen MR) is 87.6 cm³/mol. The van der Waals surface area contributed by atoms with Crippen LogP contribution >= 0.6 is 12.4 Å². The summed E-state index contributed by atoms with van der Waals surface area (Å²) in [6.45, 7) is 5.98. The summed E-state index contributed by atoms with van der Waals surface area (Å²) in [5.41, 5.74) is 0.692. The molecule has 0 N–H and O–H groups in total. The van der Waals surface area contributed by atoms with Crippen molar-refractivity contribution in [3.63, 3.8) is 0 Å². The van der Waals surface area contributed by atoms with Crippen LogP contribution in [0.4, 0.5) is 0 Å². The van der Waals surface area contributed by atoms with Gasteiger partial charge in [0.1, 0.15) is 5.60 Å². The van der Waals surface area contributed by atoms with Crippen molar-refractivity contribution in [1.29, 1.82) is 0 Å². The predicted octanol–water partition coefficient (Wildman–Crippen LogP) is 3.62. The maximum Gasteiger partial charge on any atom is 0.306 e. The van der Waals surface area contributed by atoms with Crippen LogP contribution in [0.3, 0.4) is 0 Å². The standard InChI is InChI=1S/C17H25NO2.ClH/c1-4-14-13-18(3)12-11-17(14,20-16(19)5-2)15-9-7-6-8-10-15;/h6-10,14H,4-5,11-13H2,1-3H3;1H/t14-,17+;/m0./s1. The molecule has 4 heteroatoms. The molecule has 2 rings (SSSR count). The molecule has 0 radical (unpaired) electrons. The molecule has 1 aliphatic rings. The summed E-state index contributed by atoms with van der Waals surface area (Å²) in [5.74, 6) is 0.246. The number of carbonyl (C=O) groups excluding carboxylic acids is 1. The number of benzene rings is 1. The highest BCUT2D eigenvalue weighted by molar-refractivity contribution is 5.85. The molecule has 1 saturated heterocycles. The summed E-state index contributed by atoms with van der Waals surface area (Å²) in [5, 5.41) is 0. The van der Waals surface area contributed by atoms with Crippen molar-refractivity contribution >= 4 is 18.4 Å². The SMILES string of the molecule is CCC(=O)O[C@]1(c2ccccc2)CCN(C)C[C@@H]1CC.Cl. The number of likely N-dealkylation sites (tertiary alicyclic amines) is 1. The van der Waals surface area contributed by atoms with Crippen molar-refractivity contribution in [2.45, 2.75) is 38.7 Å². The average molecular weight is 312 g/mol. The summed E-state index contributed by atoms with van der Waals surface area (Å²) in [7, 11) is 2.14. The first-order valence-corrected chi connectivity index (χ1v) is 7.58. The summed E-state index contributed by atoms with van der Waals surface area (Å²) < 4.78 is 6.00. The monoisotopic (exact) mass is 311 g/mol. The molecule has 1 aromatic rings. The van der Waals surface area contributed by atoms with Crippen LogP contribution in [-0.4, -0.2) is 31.0 Å². The lowest BCUT2D eigenvalue weighted by Gasteiger charge is -2.46. The van der Waals surface area contributed by atoms with Crippen molar-refractivity contribution in [2.24, 2.45) is 5.92 Å². The Balaban J connectivity index is 0.00000220. The molecule has 21 heavy (non-hydrogen) atoms. The van der Waals surface area contributed by atoms with E-state index in [1.54, 1.807) is 0 Å². The lowest BCUT2D eigenvalue weighted by molar-refractivity contribution is -0.176. The molecular weight excluding hydrogens is 286 g/mol. The number of hydrogen-bond donors (Lipinski definition) is 0. The first-order chi connectivity index (χ1) is 9.62. The molecule has 0 amide bonds. The van der Waals surface area contributed by atoms with E-state index >= 15 is 0 Å². The molecule has 2 atom stereocenters. The molecule has 0 unspecified atom stereocenters. The number of ether oxygens (including phenoxy) is 1. The van der Waals surface area contributed by atoms with Crippen LogP contribution in [-0.2, 0) is 15.1 Å². The van der Waals surface area contributed by atoms with Crippen LogP contribution in [0.25, 0.3) is 0 Å². The number of halogens is 1. The maximum absolute atomic E-state index is 12.0. The zero-order valence-electron chi connectivity index (χ0n) is 13.2. The van der Waals surface area contributed by atoms with E-state index < -0.39 is 5.60 Å². The number of rotatable bonds is 4. The zero-order chi connectivity index (χ0) is 14.6. The highest BCUT2D eigenvalue weighted by Crippen LogP contribution is 2.42. The van der Waals surface area contributed by atoms with E-state index in [1.165, 1.54) is 0 Å². The molecule has 118 valence electrons. The average Bonchev–Trinajstić information content (AvgIpc) is 2.49. The van der Waals surface area contributed by atoms with E-state index in [0.717, 1.165) is 31.5 Å². The van der Waals surface area contributed by atoms with Crippen molar-refractivity contribution in [2.75, 3.05) is 20.1 Å². The van der Waals surface area contributed by atoms with E-state index in [4.69, 9.17) is 4.74 Å². The van der Waals surface area contributed by atoms with Gasteiger partial charge in [0, 0.05) is 31.8 Å². The number of carbonyl (C=O) groups is 1. The second-order valence-electron chi connectivity index (χ2n) is 5.70. The molecule has 0 spiro atoms. The number of hydrogen-bond acceptors (Lipinski definition) is 3. The fourth-order valence-electron chi connectivity index (χ4n) is 3.20. The molecule has 0 aliphatic carbocycles. The van der Waals surface area contributed by atoms with E-state index in [1.807, 2.05) is 25.1 Å². The molecule has 0 saturated carbocycles. The molecular formula is C17H26ClNO2. The fraction of sp³-hybridized carbons (Fsp3) is 0.588. The lowest BCUT2D eigenvalue weighted by Crippen LogP contribution is -2.51. The highest BCUT2D eigenvalue weighted by Gasteiger charge is 2.45. The second kappa shape index (κ2) is 7.81. The summed E-state index contributed by atoms with van der Waals surface area (Å²) >= 11 is 0. The van der Waals surface area contributed by atoms with Crippen LogP contribution < -0.4 is 0 Å². The number of esters is 1. The van der Waals surface area contributed by atoms with E-state index in [2.05, 4.69) is 31.0 Å². The summed E-state index contributed by atoms with van der Waals surface area (Å²) in [4.78, 5) is 14.3. The minimum atomic E-state index is -0.449. The quantitative estimate of drug-likeness (QED) is 0.795. The van der Waals surface area contributed by atoms with E-state index in [-0.39, 0.29) is 18.4 Å². The van der Waals surface area contributed by atoms with Crippen LogP contribution in [0.1, 0.15) is 38.7 Å². The van der Waals surface area contributed by atoms with Gasteiger partial charge >= 0.3 is 5.97 Å². The van der Waals surface area contributed by atoms with Gasteiger partial charge < -0.3 is 9.64 Å². The van der Waals surface area contributed by atoms with E-state index in [9.17, 15) is 4.79 Å². The van der Waals surface area contributed by atoms with Gasteiger partial charge in [0.25, 0.3) is 0 Å². The lowest BCUT2D eigenvalue weighted by atomic mass is 9.74. The molecule has 1 aromatic carbocycles. The molecule has 1 aliphatic heterocycles. The van der Waals surface area contributed by atoms with Crippen molar-refractivity contribution in [3.8, 4) is 0 Å². The van der Waals surface area contributed by atoms with Crippen molar-refractivity contribution in [1.82, 2.24) is 4.90 Å². The number of nitrogens with zero attached hydrogens (tertiary/aromatic N) is 1. The van der Waals surface area contributed by atoms with Gasteiger partial charge in [-0.05, 0) is 19.0 Å². The van der Waals surface area contributed by atoms with Gasteiger partial charge in [-0.1, -0.05) is 44.2 Å². The second-order valence-corrected chi connectivity index (χ2v) is 5.70. The third-order valence-electron chi connectivity index (χ3n) is 4.40. The van der Waals surface area contributed by atoms with Gasteiger partial charge in [-0.25, -0.2) is 0 Å². The zero-order valence-corrected chi connectivity index (χ0v) is 14.0. The Labute approximate surface area is 134 Å². The van der Waals surface area contributed by atoms with Crippen LogP contribution in [0, 0.1) is 5.92 Å². The van der Waals surface area contributed by atoms with Gasteiger partial charge in [-0.15, -0.1) is 12.4 Å². The Hall–Kier alpha value is -1.06. The fourth-order valence-corrected chi connectivity index (χ4v) is 3.20. The Morgan fingerprint density at radius 2 is 2.00 bits per heavy atom. The maximum atomic E-state index is 12.0. The Morgan fingerprint density at radius 1 is 1.33 bits per heavy atom. The Morgan fingerprint density at radius 3 is 2.57 bits per heavy atom. The first-order valence-electron chi connectivity index (χ1n) is 7.58. The normalized spacial score (nSPS) is 26.0. The topological polar surface area (TPSA) is 29.5 Å². The van der Waals surface area contributed by atoms with E-state index in [0.29, 0.717) is 12.3 Å². The van der Waals surface area contributed by atoms with Gasteiger partial charge in [0.15, 0.2) is 0 Å².